The summed E-state index contributed by atoms with van der Waals surface area (Å²) in [6.07, 6.45) is 6.03. The van der Waals surface area contributed by atoms with E-state index in [1.54, 1.807) is 0 Å². The van der Waals surface area contributed by atoms with E-state index in [9.17, 15) is 14.4 Å². The van der Waals surface area contributed by atoms with Crippen molar-refractivity contribution in [2.45, 2.75) is 45.4 Å². The number of hydrogen-bond donors (Lipinski definition) is 3. The molecule has 3 amide bonds. The third kappa shape index (κ3) is 6.02. The molecule has 0 unspecified atom stereocenters. The highest BCUT2D eigenvalue weighted by Gasteiger charge is 2.26. The van der Waals surface area contributed by atoms with Gasteiger partial charge in [0.15, 0.2) is 0 Å². The number of hydrogen-bond acceptors (Lipinski definition) is 6. The van der Waals surface area contributed by atoms with E-state index in [-0.39, 0.29) is 18.4 Å². The fourth-order valence-corrected chi connectivity index (χ4v) is 5.36. The SMILES string of the molecule is CCCCNC(=O)CN1CCN(CC(=O)Nc2sc3c(c2C(N)=O)CCCC3)CC1. The molecular weight excluding hydrogens is 402 g/mol. The molecule has 0 bridgehead atoms. The normalized spacial score (nSPS) is 17.4. The van der Waals surface area contributed by atoms with E-state index in [2.05, 4.69) is 27.4 Å². The number of fused-ring (bicyclic) bond motifs is 1. The molecule has 3 rings (SSSR count). The van der Waals surface area contributed by atoms with Gasteiger partial charge in [-0.1, -0.05) is 13.3 Å². The predicted octanol–water partition coefficient (Wildman–Crippen LogP) is 1.20. The van der Waals surface area contributed by atoms with Gasteiger partial charge < -0.3 is 16.4 Å². The summed E-state index contributed by atoms with van der Waals surface area (Å²) < 4.78 is 0. The van der Waals surface area contributed by atoms with Crippen molar-refractivity contribution >= 4 is 34.1 Å². The number of amides is 3. The number of nitrogens with zero attached hydrogens (tertiary/aromatic N) is 2. The number of anilines is 1. The van der Waals surface area contributed by atoms with Gasteiger partial charge in [0.1, 0.15) is 5.00 Å². The second-order valence-corrected chi connectivity index (χ2v) is 9.19. The van der Waals surface area contributed by atoms with Crippen molar-refractivity contribution in [2.75, 3.05) is 51.1 Å². The third-order valence-electron chi connectivity index (χ3n) is 5.72. The highest BCUT2D eigenvalue weighted by molar-refractivity contribution is 7.17. The van der Waals surface area contributed by atoms with E-state index in [0.717, 1.165) is 76.8 Å². The Morgan fingerprint density at radius 2 is 1.63 bits per heavy atom. The molecule has 0 aromatic carbocycles. The second-order valence-electron chi connectivity index (χ2n) is 8.08. The summed E-state index contributed by atoms with van der Waals surface area (Å²) in [7, 11) is 0. The molecule has 1 aromatic rings. The number of unbranched alkanes of at least 4 members (excludes halogenated alkanes) is 1. The van der Waals surface area contributed by atoms with Gasteiger partial charge in [-0.2, -0.15) is 0 Å². The minimum Gasteiger partial charge on any atom is -0.365 e. The first-order valence-corrected chi connectivity index (χ1v) is 11.7. The highest BCUT2D eigenvalue weighted by atomic mass is 32.1. The Hall–Kier alpha value is -1.97. The number of rotatable bonds is 9. The van der Waals surface area contributed by atoms with Crippen molar-refractivity contribution in [3.8, 4) is 0 Å². The zero-order chi connectivity index (χ0) is 21.5. The number of thiophene rings is 1. The van der Waals surface area contributed by atoms with E-state index in [0.29, 0.717) is 17.1 Å². The molecule has 30 heavy (non-hydrogen) atoms. The molecule has 1 saturated heterocycles. The van der Waals surface area contributed by atoms with Gasteiger partial charge in [-0.3, -0.25) is 24.2 Å². The van der Waals surface area contributed by atoms with E-state index >= 15 is 0 Å². The fourth-order valence-electron chi connectivity index (χ4n) is 4.05. The lowest BCUT2D eigenvalue weighted by Gasteiger charge is -2.33. The van der Waals surface area contributed by atoms with E-state index in [1.165, 1.54) is 16.2 Å². The molecule has 4 N–H and O–H groups in total. The minimum absolute atomic E-state index is 0.0651. The Balaban J connectivity index is 1.46. The van der Waals surface area contributed by atoms with Gasteiger partial charge in [0.25, 0.3) is 5.91 Å². The van der Waals surface area contributed by atoms with Crippen molar-refractivity contribution in [1.82, 2.24) is 15.1 Å². The summed E-state index contributed by atoms with van der Waals surface area (Å²) in [6.45, 7) is 6.50. The summed E-state index contributed by atoms with van der Waals surface area (Å²) in [4.78, 5) is 41.9. The molecule has 0 spiro atoms. The lowest BCUT2D eigenvalue weighted by atomic mass is 9.95. The smallest absolute Gasteiger partial charge is 0.251 e. The molecule has 0 radical (unpaired) electrons. The number of carbonyl (C=O) groups excluding carboxylic acids is 3. The molecule has 9 heteroatoms. The van der Waals surface area contributed by atoms with E-state index < -0.39 is 5.91 Å². The highest BCUT2D eigenvalue weighted by Crippen LogP contribution is 2.37. The number of carbonyl (C=O) groups is 3. The number of nitrogens with two attached hydrogens (primary N) is 1. The molecule has 1 fully saturated rings. The van der Waals surface area contributed by atoms with Crippen molar-refractivity contribution in [1.29, 1.82) is 0 Å². The monoisotopic (exact) mass is 435 g/mol. The summed E-state index contributed by atoms with van der Waals surface area (Å²) in [6, 6.07) is 0. The maximum absolute atomic E-state index is 12.6. The van der Waals surface area contributed by atoms with Crippen LogP contribution in [0.3, 0.4) is 0 Å². The molecule has 1 aromatic heterocycles. The summed E-state index contributed by atoms with van der Waals surface area (Å²) in [5.41, 5.74) is 7.13. The molecule has 1 aliphatic heterocycles. The van der Waals surface area contributed by atoms with Gasteiger partial charge in [-0.15, -0.1) is 11.3 Å². The maximum atomic E-state index is 12.6. The molecule has 2 aliphatic rings. The summed E-state index contributed by atoms with van der Waals surface area (Å²) >= 11 is 1.49. The Labute approximate surface area is 182 Å². The molecule has 2 heterocycles. The van der Waals surface area contributed by atoms with Gasteiger partial charge in [0.2, 0.25) is 11.8 Å². The topological polar surface area (TPSA) is 108 Å². The number of primary amides is 1. The zero-order valence-corrected chi connectivity index (χ0v) is 18.6. The molecule has 1 aliphatic carbocycles. The predicted molar refractivity (Wildman–Crippen MR) is 119 cm³/mol. The van der Waals surface area contributed by atoms with Gasteiger partial charge >= 0.3 is 0 Å². The number of nitrogens with one attached hydrogen (secondary N) is 2. The molecule has 166 valence electrons. The standard InChI is InChI=1S/C21H33N5O3S/c1-2-3-8-23-17(27)13-25-9-11-26(12-10-25)14-18(28)24-21-19(20(22)29)15-6-4-5-7-16(15)30-21/h2-14H2,1H3,(H2,22,29)(H,23,27)(H,24,28). The van der Waals surface area contributed by atoms with E-state index in [1.807, 2.05) is 0 Å². The Kier molecular flexibility index (Phi) is 8.24. The molecular formula is C21H33N5O3S. The van der Waals surface area contributed by atoms with Crippen molar-refractivity contribution in [3.05, 3.63) is 16.0 Å². The largest absolute Gasteiger partial charge is 0.365 e. The first-order chi connectivity index (χ1) is 14.5. The average Bonchev–Trinajstić information content (AvgIpc) is 3.07. The minimum atomic E-state index is -0.462. The van der Waals surface area contributed by atoms with Crippen LogP contribution in [0.2, 0.25) is 0 Å². The van der Waals surface area contributed by atoms with Crippen LogP contribution in [0.15, 0.2) is 0 Å². The van der Waals surface area contributed by atoms with Crippen molar-refractivity contribution in [2.24, 2.45) is 5.73 Å². The molecule has 0 atom stereocenters. The van der Waals surface area contributed by atoms with E-state index in [4.69, 9.17) is 5.73 Å². The second kappa shape index (κ2) is 10.9. The van der Waals surface area contributed by atoms with Crippen molar-refractivity contribution < 1.29 is 14.4 Å². The number of piperazine rings is 1. The first kappa shape index (κ1) is 22.7. The quantitative estimate of drug-likeness (QED) is 0.505. The van der Waals surface area contributed by atoms with Gasteiger partial charge in [0, 0.05) is 37.6 Å². The molecule has 0 saturated carbocycles. The average molecular weight is 436 g/mol. The van der Waals surface area contributed by atoms with Crippen LogP contribution in [0.4, 0.5) is 5.00 Å². The van der Waals surface area contributed by atoms with Crippen LogP contribution >= 0.6 is 11.3 Å². The summed E-state index contributed by atoms with van der Waals surface area (Å²) in [5, 5.41) is 6.47. The Morgan fingerprint density at radius 3 is 2.27 bits per heavy atom. The van der Waals surface area contributed by atoms with Crippen molar-refractivity contribution in [3.63, 3.8) is 0 Å². The maximum Gasteiger partial charge on any atom is 0.251 e. The van der Waals surface area contributed by atoms with Crippen LogP contribution in [-0.2, 0) is 22.4 Å². The van der Waals surface area contributed by atoms with Crippen LogP contribution in [-0.4, -0.2) is 73.3 Å². The third-order valence-corrected chi connectivity index (χ3v) is 6.93. The van der Waals surface area contributed by atoms with Gasteiger partial charge in [0.05, 0.1) is 18.7 Å². The lowest BCUT2D eigenvalue weighted by Crippen LogP contribution is -2.51. The lowest BCUT2D eigenvalue weighted by molar-refractivity contribution is -0.123. The van der Waals surface area contributed by atoms with Gasteiger partial charge in [-0.25, -0.2) is 0 Å². The first-order valence-electron chi connectivity index (χ1n) is 10.9. The van der Waals surface area contributed by atoms with Gasteiger partial charge in [-0.05, 0) is 37.7 Å². The number of aryl methyl sites for hydroxylation is 1. The van der Waals surface area contributed by atoms with Crippen LogP contribution < -0.4 is 16.4 Å². The van der Waals surface area contributed by atoms with Crippen LogP contribution in [0.1, 0.15) is 53.4 Å². The van der Waals surface area contributed by atoms with Crippen LogP contribution in [0.5, 0.6) is 0 Å². The Morgan fingerprint density at radius 1 is 1.00 bits per heavy atom. The zero-order valence-electron chi connectivity index (χ0n) is 17.8. The summed E-state index contributed by atoms with van der Waals surface area (Å²) in [5.74, 6) is -0.521. The van der Waals surface area contributed by atoms with Crippen LogP contribution in [0.25, 0.3) is 0 Å². The fraction of sp³-hybridized carbons (Fsp3) is 0.667. The van der Waals surface area contributed by atoms with Crippen LogP contribution in [0, 0.1) is 0 Å². The Bertz CT molecular complexity index is 771. The molecule has 8 nitrogen and oxygen atoms in total.